The maximum absolute atomic E-state index is 13.7. The van der Waals surface area contributed by atoms with Gasteiger partial charge in [0.2, 0.25) is 5.69 Å². The van der Waals surface area contributed by atoms with Crippen LogP contribution in [-0.2, 0) is 0 Å². The van der Waals surface area contributed by atoms with Crippen molar-refractivity contribution >= 4 is 5.82 Å². The average Bonchev–Trinajstić information content (AvgIpc) is 2.85. The molecule has 0 saturated heterocycles. The Hall–Kier alpha value is -2.42. The average molecular weight is 259 g/mol. The summed E-state index contributed by atoms with van der Waals surface area (Å²) in [6.07, 6.45) is 0. The maximum atomic E-state index is 13.7. The van der Waals surface area contributed by atoms with E-state index in [1.807, 2.05) is 24.8 Å². The smallest absolute Gasteiger partial charge is 0.207 e. The van der Waals surface area contributed by atoms with Gasteiger partial charge in [-0.3, -0.25) is 0 Å². The number of benzene rings is 1. The van der Waals surface area contributed by atoms with E-state index in [1.165, 1.54) is 10.9 Å². The van der Waals surface area contributed by atoms with E-state index in [2.05, 4.69) is 10.2 Å². The molecule has 0 amide bonds. The van der Waals surface area contributed by atoms with Gasteiger partial charge in [0, 0.05) is 13.1 Å². The molecule has 98 valence electrons. The Bertz CT molecular complexity index is 610. The number of anilines is 1. The van der Waals surface area contributed by atoms with Gasteiger partial charge in [0.05, 0.1) is 0 Å². The summed E-state index contributed by atoms with van der Waals surface area (Å²) in [5.74, 6) is 0.0591. The summed E-state index contributed by atoms with van der Waals surface area (Å²) in [5, 5.41) is 17.4. The van der Waals surface area contributed by atoms with Crippen LogP contribution in [-0.4, -0.2) is 28.1 Å². The lowest BCUT2D eigenvalue weighted by Gasteiger charge is -2.16. The van der Waals surface area contributed by atoms with E-state index in [-0.39, 0.29) is 11.4 Å². The molecule has 0 atom stereocenters. The van der Waals surface area contributed by atoms with Crippen LogP contribution >= 0.6 is 0 Å². The van der Waals surface area contributed by atoms with Gasteiger partial charge in [-0.2, -0.15) is 5.26 Å². The third-order valence-corrected chi connectivity index (χ3v) is 2.83. The molecular formula is C13H14FN5. The highest BCUT2D eigenvalue weighted by Gasteiger charge is 2.17. The number of hydrogen-bond donors (Lipinski definition) is 0. The molecule has 19 heavy (non-hydrogen) atoms. The molecule has 2 aromatic rings. The van der Waals surface area contributed by atoms with Gasteiger partial charge in [-0.15, -0.1) is 15.0 Å². The van der Waals surface area contributed by atoms with Gasteiger partial charge in [0.25, 0.3) is 0 Å². The fourth-order valence-corrected chi connectivity index (χ4v) is 1.83. The molecule has 5 nitrogen and oxygen atoms in total. The normalized spacial score (nSPS) is 10.2. The summed E-state index contributed by atoms with van der Waals surface area (Å²) >= 11 is 0. The van der Waals surface area contributed by atoms with Crippen LogP contribution in [0.4, 0.5) is 10.2 Å². The number of para-hydroxylation sites is 1. The summed E-state index contributed by atoms with van der Waals surface area (Å²) < 4.78 is 13.7. The van der Waals surface area contributed by atoms with Crippen molar-refractivity contribution in [2.24, 2.45) is 0 Å². The summed E-state index contributed by atoms with van der Waals surface area (Å²) in [6.45, 7) is 5.35. The van der Waals surface area contributed by atoms with Gasteiger partial charge in [-0.1, -0.05) is 12.1 Å². The topological polar surface area (TPSA) is 57.7 Å². The number of halogens is 1. The zero-order chi connectivity index (χ0) is 13.8. The lowest BCUT2D eigenvalue weighted by atomic mass is 10.3. The Balaban J connectivity index is 2.51. The minimum atomic E-state index is -0.423. The monoisotopic (exact) mass is 259 g/mol. The lowest BCUT2D eigenvalue weighted by Crippen LogP contribution is -2.23. The summed E-state index contributed by atoms with van der Waals surface area (Å²) in [4.78, 5) is 3.07. The Morgan fingerprint density at radius 1 is 1.26 bits per heavy atom. The molecule has 0 unspecified atom stereocenters. The van der Waals surface area contributed by atoms with E-state index in [1.54, 1.807) is 18.2 Å². The van der Waals surface area contributed by atoms with Crippen molar-refractivity contribution < 1.29 is 4.39 Å². The SMILES string of the molecule is CCN(CC)c1nn(-c2ccccc2F)nc1C#N. The molecule has 0 bridgehead atoms. The molecule has 0 aliphatic rings. The zero-order valence-corrected chi connectivity index (χ0v) is 10.8. The highest BCUT2D eigenvalue weighted by molar-refractivity contribution is 5.50. The van der Waals surface area contributed by atoms with Crippen LogP contribution in [0.15, 0.2) is 24.3 Å². The molecule has 6 heteroatoms. The molecule has 1 aromatic heterocycles. The number of nitrogens with zero attached hydrogens (tertiary/aromatic N) is 5. The Labute approximate surface area is 110 Å². The van der Waals surface area contributed by atoms with E-state index in [0.29, 0.717) is 18.9 Å². The van der Waals surface area contributed by atoms with Crippen molar-refractivity contribution in [2.45, 2.75) is 13.8 Å². The number of nitriles is 1. The second-order valence-corrected chi connectivity index (χ2v) is 3.90. The minimum Gasteiger partial charge on any atom is -0.353 e. The van der Waals surface area contributed by atoms with Crippen molar-refractivity contribution in [2.75, 3.05) is 18.0 Å². The maximum Gasteiger partial charge on any atom is 0.207 e. The van der Waals surface area contributed by atoms with E-state index in [4.69, 9.17) is 5.26 Å². The second-order valence-electron chi connectivity index (χ2n) is 3.90. The van der Waals surface area contributed by atoms with Gasteiger partial charge in [0.1, 0.15) is 11.8 Å². The second kappa shape index (κ2) is 5.48. The van der Waals surface area contributed by atoms with E-state index >= 15 is 0 Å². The van der Waals surface area contributed by atoms with E-state index in [9.17, 15) is 4.39 Å². The number of rotatable bonds is 4. The Morgan fingerprint density at radius 3 is 2.53 bits per heavy atom. The van der Waals surface area contributed by atoms with Gasteiger partial charge in [0.15, 0.2) is 11.6 Å². The first kappa shape index (κ1) is 13.0. The molecule has 2 rings (SSSR count). The highest BCUT2D eigenvalue weighted by atomic mass is 19.1. The molecule has 1 heterocycles. The molecule has 1 aromatic carbocycles. The van der Waals surface area contributed by atoms with Crippen LogP contribution in [0.2, 0.25) is 0 Å². The molecular weight excluding hydrogens is 245 g/mol. The molecule has 0 radical (unpaired) electrons. The highest BCUT2D eigenvalue weighted by Crippen LogP contribution is 2.18. The van der Waals surface area contributed by atoms with Crippen LogP contribution in [0.3, 0.4) is 0 Å². The molecule has 0 aliphatic carbocycles. The number of aromatic nitrogens is 3. The first-order chi connectivity index (χ1) is 9.21. The van der Waals surface area contributed by atoms with Crippen LogP contribution in [0.5, 0.6) is 0 Å². The predicted octanol–water partition coefficient (Wildman–Crippen LogP) is 2.12. The third-order valence-electron chi connectivity index (χ3n) is 2.83. The molecule has 0 spiro atoms. The van der Waals surface area contributed by atoms with Crippen LogP contribution in [0.1, 0.15) is 19.5 Å². The lowest BCUT2D eigenvalue weighted by molar-refractivity contribution is 0.595. The summed E-state index contributed by atoms with van der Waals surface area (Å²) in [7, 11) is 0. The van der Waals surface area contributed by atoms with E-state index in [0.717, 1.165) is 0 Å². The van der Waals surface area contributed by atoms with E-state index < -0.39 is 5.82 Å². The van der Waals surface area contributed by atoms with Crippen LogP contribution < -0.4 is 4.90 Å². The standard InChI is InChI=1S/C13H14FN5/c1-3-18(4-2)13-11(9-15)16-19(17-13)12-8-6-5-7-10(12)14/h5-8H,3-4H2,1-2H3. The molecule has 0 saturated carbocycles. The molecule has 0 fully saturated rings. The Morgan fingerprint density at radius 2 is 1.95 bits per heavy atom. The predicted molar refractivity (Wildman–Crippen MR) is 69.6 cm³/mol. The molecule has 0 aliphatic heterocycles. The fraction of sp³-hybridized carbons (Fsp3) is 0.308. The van der Waals surface area contributed by atoms with Gasteiger partial charge >= 0.3 is 0 Å². The molecule has 0 N–H and O–H groups in total. The van der Waals surface area contributed by atoms with Gasteiger partial charge in [-0.05, 0) is 26.0 Å². The summed E-state index contributed by atoms with van der Waals surface area (Å²) in [6, 6.07) is 8.20. The number of hydrogen-bond acceptors (Lipinski definition) is 4. The van der Waals surface area contributed by atoms with Crippen molar-refractivity contribution in [3.8, 4) is 11.8 Å². The van der Waals surface area contributed by atoms with Crippen LogP contribution in [0.25, 0.3) is 5.69 Å². The largest absolute Gasteiger partial charge is 0.353 e. The first-order valence-corrected chi connectivity index (χ1v) is 6.08. The zero-order valence-electron chi connectivity index (χ0n) is 10.8. The minimum absolute atomic E-state index is 0.201. The van der Waals surface area contributed by atoms with Gasteiger partial charge in [-0.25, -0.2) is 4.39 Å². The third kappa shape index (κ3) is 2.40. The Kier molecular flexibility index (Phi) is 3.76. The van der Waals surface area contributed by atoms with Crippen molar-refractivity contribution in [3.05, 3.63) is 35.8 Å². The van der Waals surface area contributed by atoms with Crippen LogP contribution in [0, 0.1) is 17.1 Å². The summed E-state index contributed by atoms with van der Waals surface area (Å²) in [5.41, 5.74) is 0.435. The van der Waals surface area contributed by atoms with Crippen molar-refractivity contribution in [1.82, 2.24) is 15.0 Å². The van der Waals surface area contributed by atoms with Gasteiger partial charge < -0.3 is 4.90 Å². The van der Waals surface area contributed by atoms with Crippen molar-refractivity contribution in [1.29, 1.82) is 5.26 Å². The fourth-order valence-electron chi connectivity index (χ4n) is 1.83. The quantitative estimate of drug-likeness (QED) is 0.844. The van der Waals surface area contributed by atoms with Crippen molar-refractivity contribution in [3.63, 3.8) is 0 Å². The first-order valence-electron chi connectivity index (χ1n) is 6.08.